The maximum absolute atomic E-state index is 13.1. The molecule has 0 spiro atoms. The molecule has 1 aromatic heterocycles. The van der Waals surface area contributed by atoms with Crippen LogP contribution in [0.4, 0.5) is 4.79 Å². The summed E-state index contributed by atoms with van der Waals surface area (Å²) >= 11 is 6.28. The fourth-order valence-electron chi connectivity index (χ4n) is 3.83. The lowest BCUT2D eigenvalue weighted by Gasteiger charge is -2.25. The van der Waals surface area contributed by atoms with Crippen molar-refractivity contribution in [1.82, 2.24) is 10.2 Å². The predicted molar refractivity (Wildman–Crippen MR) is 138 cm³/mol. The summed E-state index contributed by atoms with van der Waals surface area (Å²) in [5, 5.41) is 2.80. The normalized spacial score (nSPS) is 14.6. The van der Waals surface area contributed by atoms with Crippen molar-refractivity contribution in [3.05, 3.63) is 100 Å². The molecule has 4 rings (SSSR count). The third kappa shape index (κ3) is 5.92. The molecule has 0 unspecified atom stereocenters. The van der Waals surface area contributed by atoms with E-state index in [-0.39, 0.29) is 18.7 Å². The van der Waals surface area contributed by atoms with Crippen molar-refractivity contribution in [3.63, 3.8) is 0 Å². The van der Waals surface area contributed by atoms with Crippen LogP contribution in [-0.4, -0.2) is 29.4 Å². The zero-order valence-electron chi connectivity index (χ0n) is 20.2. The average Bonchev–Trinajstić information content (AvgIpc) is 3.39. The number of halogens is 1. The van der Waals surface area contributed by atoms with Crippen LogP contribution in [0, 0.1) is 0 Å². The maximum atomic E-state index is 13.1. The van der Waals surface area contributed by atoms with Crippen LogP contribution in [0.2, 0.25) is 5.02 Å². The fourth-order valence-corrected chi connectivity index (χ4v) is 4.02. The van der Waals surface area contributed by atoms with Crippen molar-refractivity contribution in [2.75, 3.05) is 6.61 Å². The van der Waals surface area contributed by atoms with Crippen molar-refractivity contribution < 1.29 is 28.3 Å². The Hall–Kier alpha value is -4.30. The highest BCUT2D eigenvalue weighted by Gasteiger charge is 2.36. The second-order valence-corrected chi connectivity index (χ2v) is 8.51. The quantitative estimate of drug-likeness (QED) is 0.221. The molecule has 1 fully saturated rings. The zero-order valence-corrected chi connectivity index (χ0v) is 20.9. The third-order valence-corrected chi connectivity index (χ3v) is 5.91. The number of amides is 4. The van der Waals surface area contributed by atoms with Crippen molar-refractivity contribution in [3.8, 4) is 11.5 Å². The van der Waals surface area contributed by atoms with Crippen LogP contribution in [-0.2, 0) is 29.2 Å². The van der Waals surface area contributed by atoms with Gasteiger partial charge in [0.2, 0.25) is 0 Å². The highest BCUT2D eigenvalue weighted by molar-refractivity contribution is 6.31. The van der Waals surface area contributed by atoms with Crippen LogP contribution in [0.5, 0.6) is 11.5 Å². The molecule has 0 saturated carbocycles. The minimum atomic E-state index is -0.811. The predicted octanol–water partition coefficient (Wildman–Crippen LogP) is 5.30. The molecule has 190 valence electrons. The van der Waals surface area contributed by atoms with Gasteiger partial charge < -0.3 is 13.9 Å². The van der Waals surface area contributed by atoms with Crippen molar-refractivity contribution in [2.24, 2.45) is 0 Å². The second kappa shape index (κ2) is 11.6. The molecule has 3 aromatic rings. The van der Waals surface area contributed by atoms with E-state index in [1.165, 1.54) is 12.3 Å². The number of nitrogens with one attached hydrogen (secondary N) is 1. The Bertz CT molecular complexity index is 1360. The van der Waals surface area contributed by atoms with E-state index in [1.807, 2.05) is 25.1 Å². The van der Waals surface area contributed by atoms with Gasteiger partial charge in [0.1, 0.15) is 17.9 Å². The van der Waals surface area contributed by atoms with Crippen LogP contribution in [0.15, 0.2) is 77.4 Å². The number of barbiturate groups is 1. The van der Waals surface area contributed by atoms with E-state index >= 15 is 0 Å². The van der Waals surface area contributed by atoms with Crippen molar-refractivity contribution >= 4 is 35.5 Å². The lowest BCUT2D eigenvalue weighted by molar-refractivity contribution is -0.130. The van der Waals surface area contributed by atoms with E-state index in [0.717, 1.165) is 16.0 Å². The van der Waals surface area contributed by atoms with Gasteiger partial charge in [0.15, 0.2) is 11.5 Å². The van der Waals surface area contributed by atoms with Crippen molar-refractivity contribution in [2.45, 2.75) is 26.5 Å². The first-order chi connectivity index (χ1) is 17.9. The van der Waals surface area contributed by atoms with Gasteiger partial charge in [0.05, 0.1) is 19.4 Å². The molecule has 8 nitrogen and oxygen atoms in total. The van der Waals surface area contributed by atoms with E-state index in [9.17, 15) is 14.4 Å². The Kier molecular flexibility index (Phi) is 8.10. The van der Waals surface area contributed by atoms with E-state index in [1.54, 1.807) is 36.4 Å². The van der Waals surface area contributed by atoms with Crippen LogP contribution in [0.3, 0.4) is 0 Å². The summed E-state index contributed by atoms with van der Waals surface area (Å²) in [7, 11) is 0. The lowest BCUT2D eigenvalue weighted by atomic mass is 10.0. The van der Waals surface area contributed by atoms with Crippen molar-refractivity contribution in [1.29, 1.82) is 0 Å². The summed E-state index contributed by atoms with van der Waals surface area (Å²) in [6, 6.07) is 13.3. The Labute approximate surface area is 219 Å². The lowest BCUT2D eigenvalue weighted by Crippen LogP contribution is -2.53. The summed E-state index contributed by atoms with van der Waals surface area (Å²) in [6.07, 6.45) is 5.02. The number of hydrogen-bond donors (Lipinski definition) is 1. The number of hydrogen-bond acceptors (Lipinski definition) is 6. The molecule has 2 aromatic carbocycles. The summed E-state index contributed by atoms with van der Waals surface area (Å²) in [4.78, 5) is 38.9. The monoisotopic (exact) mass is 520 g/mol. The maximum Gasteiger partial charge on any atom is 0.331 e. The molecule has 0 atom stereocenters. The molecule has 1 aliphatic heterocycles. The largest absolute Gasteiger partial charge is 0.490 e. The van der Waals surface area contributed by atoms with Crippen LogP contribution in [0.25, 0.3) is 6.08 Å². The Morgan fingerprint density at radius 3 is 2.59 bits per heavy atom. The van der Waals surface area contributed by atoms with E-state index in [2.05, 4.69) is 11.9 Å². The van der Waals surface area contributed by atoms with Gasteiger partial charge in [-0.2, -0.15) is 0 Å². The first-order valence-corrected chi connectivity index (χ1v) is 12.0. The molecule has 0 aliphatic carbocycles. The number of ether oxygens (including phenoxy) is 2. The highest BCUT2D eigenvalue weighted by Crippen LogP contribution is 2.36. The van der Waals surface area contributed by atoms with Gasteiger partial charge in [-0.1, -0.05) is 35.9 Å². The SMILES string of the molecule is C=CCc1cc(/C=C2\C(=O)NC(=O)N(Cc3ccco3)C2=O)cc(OCC)c1OCc1ccccc1Cl. The number of carbonyl (C=O) groups excluding carboxylic acids is 3. The minimum Gasteiger partial charge on any atom is -0.490 e. The summed E-state index contributed by atoms with van der Waals surface area (Å²) in [5.41, 5.74) is 1.89. The Morgan fingerprint density at radius 1 is 1.08 bits per heavy atom. The number of carbonyl (C=O) groups is 3. The third-order valence-electron chi connectivity index (χ3n) is 5.54. The number of rotatable bonds is 10. The van der Waals surface area contributed by atoms with Gasteiger partial charge in [-0.15, -0.1) is 6.58 Å². The molecule has 4 amide bonds. The van der Waals surface area contributed by atoms with Crippen LogP contribution in [0.1, 0.15) is 29.4 Å². The van der Waals surface area contributed by atoms with E-state index < -0.39 is 17.8 Å². The standard InChI is InChI=1S/C28H25ClN2O6/c1-3-8-19-13-18(15-24(35-4-2)25(19)37-17-20-9-5-6-11-23(20)29)14-22-26(32)30-28(34)31(27(22)33)16-21-10-7-12-36-21/h3,5-7,9-15H,1,4,8,16-17H2,2H3,(H,30,32,34)/b22-14+. The number of allylic oxidation sites excluding steroid dienone is 1. The number of nitrogens with zero attached hydrogens (tertiary/aromatic N) is 1. The summed E-state index contributed by atoms with van der Waals surface area (Å²) < 4.78 is 17.2. The number of imide groups is 2. The molecule has 0 bridgehead atoms. The van der Waals surface area contributed by atoms with Gasteiger partial charge in [-0.25, -0.2) is 4.79 Å². The molecular formula is C28H25ClN2O6. The fraction of sp³-hybridized carbons (Fsp3) is 0.179. The van der Waals surface area contributed by atoms with Gasteiger partial charge in [0.25, 0.3) is 11.8 Å². The summed E-state index contributed by atoms with van der Waals surface area (Å²) in [5.74, 6) is -0.157. The molecule has 1 aliphatic rings. The zero-order chi connectivity index (χ0) is 26.4. The van der Waals surface area contributed by atoms with E-state index in [0.29, 0.717) is 40.9 Å². The number of furan rings is 1. The molecule has 1 N–H and O–H groups in total. The molecule has 37 heavy (non-hydrogen) atoms. The Morgan fingerprint density at radius 2 is 1.89 bits per heavy atom. The summed E-state index contributed by atoms with van der Waals surface area (Å²) in [6.45, 7) is 6.13. The molecule has 1 saturated heterocycles. The number of benzene rings is 2. The van der Waals surface area contributed by atoms with E-state index in [4.69, 9.17) is 25.5 Å². The van der Waals surface area contributed by atoms with Gasteiger partial charge >= 0.3 is 6.03 Å². The first-order valence-electron chi connectivity index (χ1n) is 11.6. The van der Waals surface area contributed by atoms with Crippen LogP contribution < -0.4 is 14.8 Å². The molecule has 2 heterocycles. The van der Waals surface area contributed by atoms with Gasteiger partial charge in [-0.3, -0.25) is 19.8 Å². The Balaban J connectivity index is 1.68. The second-order valence-electron chi connectivity index (χ2n) is 8.10. The molecule has 9 heteroatoms. The minimum absolute atomic E-state index is 0.108. The first kappa shape index (κ1) is 25.8. The highest BCUT2D eigenvalue weighted by atomic mass is 35.5. The van der Waals surface area contributed by atoms with Gasteiger partial charge in [0, 0.05) is 16.1 Å². The number of urea groups is 1. The molecular weight excluding hydrogens is 496 g/mol. The molecule has 0 radical (unpaired) electrons. The van der Waals surface area contributed by atoms with Gasteiger partial charge in [-0.05, 0) is 55.3 Å². The smallest absolute Gasteiger partial charge is 0.331 e. The average molecular weight is 521 g/mol. The topological polar surface area (TPSA) is 98.1 Å². The van der Waals surface area contributed by atoms with Crippen LogP contribution >= 0.6 is 11.6 Å².